The molecule has 1 unspecified atom stereocenters. The van der Waals surface area contributed by atoms with Crippen molar-refractivity contribution < 1.29 is 0 Å². The molecular formula is C15H30BrN. The van der Waals surface area contributed by atoms with E-state index in [1.807, 2.05) is 0 Å². The van der Waals surface area contributed by atoms with E-state index in [0.717, 1.165) is 23.2 Å². The Hall–Kier alpha value is 0.440. The van der Waals surface area contributed by atoms with Crippen molar-refractivity contribution in [2.24, 2.45) is 11.8 Å². The Labute approximate surface area is 116 Å². The fourth-order valence-corrected chi connectivity index (χ4v) is 3.71. The first-order chi connectivity index (χ1) is 8.17. The van der Waals surface area contributed by atoms with E-state index < -0.39 is 0 Å². The predicted octanol–water partition coefficient (Wildman–Crippen LogP) is 4.70. The third-order valence-corrected chi connectivity index (χ3v) is 5.05. The number of nitrogens with zero attached hydrogens (tertiary/aromatic N) is 1. The molecule has 1 nitrogen and oxygen atoms in total. The van der Waals surface area contributed by atoms with Gasteiger partial charge in [0, 0.05) is 11.4 Å². The molecule has 1 atom stereocenters. The number of rotatable bonds is 7. The van der Waals surface area contributed by atoms with Gasteiger partial charge in [-0.05, 0) is 64.0 Å². The summed E-state index contributed by atoms with van der Waals surface area (Å²) in [4.78, 5) is 2.62. The zero-order valence-corrected chi connectivity index (χ0v) is 13.5. The second kappa shape index (κ2) is 8.53. The van der Waals surface area contributed by atoms with Gasteiger partial charge in [-0.15, -0.1) is 0 Å². The molecule has 0 heterocycles. The first-order valence-electron chi connectivity index (χ1n) is 7.43. The van der Waals surface area contributed by atoms with Crippen LogP contribution in [0.15, 0.2) is 0 Å². The molecule has 0 amide bonds. The highest BCUT2D eigenvalue weighted by molar-refractivity contribution is 9.09. The van der Waals surface area contributed by atoms with E-state index in [2.05, 4.69) is 41.7 Å². The predicted molar refractivity (Wildman–Crippen MR) is 80.9 cm³/mol. The number of hydrogen-bond acceptors (Lipinski definition) is 1. The summed E-state index contributed by atoms with van der Waals surface area (Å²) in [5, 5.41) is 1.15. The minimum Gasteiger partial charge on any atom is -0.303 e. The maximum Gasteiger partial charge on any atom is 0.00924 e. The van der Waals surface area contributed by atoms with Crippen molar-refractivity contribution in [3.63, 3.8) is 0 Å². The summed E-state index contributed by atoms with van der Waals surface area (Å²) >= 11 is 3.53. The van der Waals surface area contributed by atoms with Crippen LogP contribution in [0, 0.1) is 11.8 Å². The smallest absolute Gasteiger partial charge is 0.00924 e. The Morgan fingerprint density at radius 1 is 1.18 bits per heavy atom. The van der Waals surface area contributed by atoms with E-state index in [4.69, 9.17) is 0 Å². The lowest BCUT2D eigenvalue weighted by atomic mass is 9.84. The summed E-state index contributed by atoms with van der Waals surface area (Å²) in [5.74, 6) is 1.88. The summed E-state index contributed by atoms with van der Waals surface area (Å²) in [6, 6.07) is 0.869. The molecule has 0 aliphatic heterocycles. The van der Waals surface area contributed by atoms with Crippen molar-refractivity contribution in [3.8, 4) is 0 Å². The minimum absolute atomic E-state index is 0.865. The molecule has 17 heavy (non-hydrogen) atoms. The summed E-state index contributed by atoms with van der Waals surface area (Å²) in [5.41, 5.74) is 0. The third-order valence-electron chi connectivity index (χ3n) is 4.59. The summed E-state index contributed by atoms with van der Waals surface area (Å²) in [7, 11) is 2.33. The Morgan fingerprint density at radius 3 is 2.35 bits per heavy atom. The SMILES string of the molecule is CCC1CCC(N(C)CCC(C)CCBr)CC1. The maximum atomic E-state index is 3.53. The molecule has 0 saturated heterocycles. The topological polar surface area (TPSA) is 3.24 Å². The van der Waals surface area contributed by atoms with Gasteiger partial charge in [0.2, 0.25) is 0 Å². The maximum absolute atomic E-state index is 3.53. The van der Waals surface area contributed by atoms with Crippen LogP contribution in [-0.4, -0.2) is 29.9 Å². The van der Waals surface area contributed by atoms with Crippen LogP contribution < -0.4 is 0 Å². The zero-order chi connectivity index (χ0) is 12.7. The number of alkyl halides is 1. The second-order valence-corrected chi connectivity index (χ2v) is 6.73. The van der Waals surface area contributed by atoms with Crippen molar-refractivity contribution in [2.45, 2.75) is 64.8 Å². The molecule has 0 aromatic heterocycles. The van der Waals surface area contributed by atoms with Gasteiger partial charge in [-0.1, -0.05) is 36.2 Å². The van der Waals surface area contributed by atoms with E-state index >= 15 is 0 Å². The monoisotopic (exact) mass is 303 g/mol. The number of hydrogen-bond donors (Lipinski definition) is 0. The van der Waals surface area contributed by atoms with Gasteiger partial charge in [0.25, 0.3) is 0 Å². The lowest BCUT2D eigenvalue weighted by molar-refractivity contribution is 0.156. The second-order valence-electron chi connectivity index (χ2n) is 5.93. The Bertz CT molecular complexity index is 187. The number of halogens is 1. The van der Waals surface area contributed by atoms with Gasteiger partial charge < -0.3 is 4.90 Å². The lowest BCUT2D eigenvalue weighted by Gasteiger charge is -2.34. The molecule has 0 aromatic rings. The van der Waals surface area contributed by atoms with Crippen molar-refractivity contribution in [2.75, 3.05) is 18.9 Å². The summed E-state index contributed by atoms with van der Waals surface area (Å²) in [6.45, 7) is 6.01. The molecule has 102 valence electrons. The molecule has 1 aliphatic rings. The Kier molecular flexibility index (Phi) is 7.77. The molecule has 0 aromatic carbocycles. The molecule has 0 spiro atoms. The van der Waals surface area contributed by atoms with E-state index in [0.29, 0.717) is 0 Å². The van der Waals surface area contributed by atoms with Crippen LogP contribution in [0.4, 0.5) is 0 Å². The standard InChI is InChI=1S/C15H30BrN/c1-4-14-5-7-15(8-6-14)17(3)12-10-13(2)9-11-16/h13-15H,4-12H2,1-3H3. The molecule has 1 aliphatic carbocycles. The van der Waals surface area contributed by atoms with Gasteiger partial charge in [-0.2, -0.15) is 0 Å². The van der Waals surface area contributed by atoms with Gasteiger partial charge in [-0.3, -0.25) is 0 Å². The third kappa shape index (κ3) is 5.74. The summed E-state index contributed by atoms with van der Waals surface area (Å²) < 4.78 is 0. The fourth-order valence-electron chi connectivity index (χ4n) is 2.93. The fraction of sp³-hybridized carbons (Fsp3) is 1.00. The van der Waals surface area contributed by atoms with E-state index in [-0.39, 0.29) is 0 Å². The minimum atomic E-state index is 0.865. The summed E-state index contributed by atoms with van der Waals surface area (Å²) in [6.07, 6.45) is 9.85. The van der Waals surface area contributed by atoms with Crippen molar-refractivity contribution in [1.82, 2.24) is 4.90 Å². The Morgan fingerprint density at radius 2 is 1.82 bits per heavy atom. The van der Waals surface area contributed by atoms with Gasteiger partial charge in [0.1, 0.15) is 0 Å². The molecule has 1 rings (SSSR count). The molecule has 0 bridgehead atoms. The van der Waals surface area contributed by atoms with Crippen LogP contribution in [0.3, 0.4) is 0 Å². The van der Waals surface area contributed by atoms with Crippen LogP contribution in [0.25, 0.3) is 0 Å². The van der Waals surface area contributed by atoms with Gasteiger partial charge in [0.15, 0.2) is 0 Å². The largest absolute Gasteiger partial charge is 0.303 e. The van der Waals surface area contributed by atoms with Gasteiger partial charge in [-0.25, -0.2) is 0 Å². The molecule has 0 radical (unpaired) electrons. The highest BCUT2D eigenvalue weighted by Crippen LogP contribution is 2.29. The molecule has 0 N–H and O–H groups in total. The molecule has 2 heteroatoms. The quantitative estimate of drug-likeness (QED) is 0.616. The molecule has 1 saturated carbocycles. The average molecular weight is 304 g/mol. The highest BCUT2D eigenvalue weighted by atomic mass is 79.9. The van der Waals surface area contributed by atoms with E-state index in [9.17, 15) is 0 Å². The van der Waals surface area contributed by atoms with Crippen LogP contribution in [0.2, 0.25) is 0 Å². The van der Waals surface area contributed by atoms with E-state index in [1.165, 1.54) is 51.5 Å². The zero-order valence-electron chi connectivity index (χ0n) is 11.9. The first kappa shape index (κ1) is 15.5. The van der Waals surface area contributed by atoms with Crippen molar-refractivity contribution >= 4 is 15.9 Å². The van der Waals surface area contributed by atoms with Crippen molar-refractivity contribution in [1.29, 1.82) is 0 Å². The first-order valence-corrected chi connectivity index (χ1v) is 8.55. The highest BCUT2D eigenvalue weighted by Gasteiger charge is 2.22. The van der Waals surface area contributed by atoms with Crippen LogP contribution in [0.5, 0.6) is 0 Å². The Balaban J connectivity index is 2.17. The van der Waals surface area contributed by atoms with Crippen LogP contribution in [0.1, 0.15) is 58.8 Å². The molecule has 1 fully saturated rings. The lowest BCUT2D eigenvalue weighted by Crippen LogP contribution is -2.36. The average Bonchev–Trinajstić information content (AvgIpc) is 2.36. The van der Waals surface area contributed by atoms with Crippen LogP contribution in [-0.2, 0) is 0 Å². The van der Waals surface area contributed by atoms with Gasteiger partial charge >= 0.3 is 0 Å². The van der Waals surface area contributed by atoms with E-state index in [1.54, 1.807) is 0 Å². The molecular weight excluding hydrogens is 274 g/mol. The van der Waals surface area contributed by atoms with Crippen LogP contribution >= 0.6 is 15.9 Å². The van der Waals surface area contributed by atoms with Crippen molar-refractivity contribution in [3.05, 3.63) is 0 Å². The normalized spacial score (nSPS) is 27.4. The van der Waals surface area contributed by atoms with Gasteiger partial charge in [0.05, 0.1) is 0 Å².